The average molecular weight is 541 g/mol. The first-order chi connectivity index (χ1) is 17.6. The van der Waals surface area contributed by atoms with Crippen LogP contribution in [-0.4, -0.2) is 37.8 Å². The Bertz CT molecular complexity index is 1380. The zero-order valence-corrected chi connectivity index (χ0v) is 22.3. The van der Waals surface area contributed by atoms with Gasteiger partial charge in [-0.2, -0.15) is 4.31 Å². The molecule has 0 atom stereocenters. The summed E-state index contributed by atoms with van der Waals surface area (Å²) in [5.74, 6) is -0.721. The van der Waals surface area contributed by atoms with Gasteiger partial charge in [0.05, 0.1) is 23.5 Å². The number of hydrogen-bond acceptors (Lipinski definition) is 5. The van der Waals surface area contributed by atoms with E-state index in [1.54, 1.807) is 67.6 Å². The highest BCUT2D eigenvalue weighted by Crippen LogP contribution is 2.49. The van der Waals surface area contributed by atoms with Gasteiger partial charge >= 0.3 is 5.97 Å². The van der Waals surface area contributed by atoms with E-state index in [4.69, 9.17) is 16.3 Å². The molecular weight excluding hydrogens is 512 g/mol. The summed E-state index contributed by atoms with van der Waals surface area (Å²) in [4.78, 5) is 25.4. The fourth-order valence-electron chi connectivity index (χ4n) is 4.16. The Balaban J connectivity index is 1.51. The number of aryl methyl sites for hydroxylation is 1. The monoisotopic (exact) mass is 540 g/mol. The molecule has 1 amide bonds. The minimum absolute atomic E-state index is 0.0226. The predicted octanol–water partition coefficient (Wildman–Crippen LogP) is 5.07. The van der Waals surface area contributed by atoms with Crippen LogP contribution in [-0.2, 0) is 36.3 Å². The molecule has 4 rings (SSSR count). The van der Waals surface area contributed by atoms with E-state index in [0.29, 0.717) is 22.9 Å². The number of nitrogens with zero attached hydrogens (tertiary/aromatic N) is 1. The number of hydrogen-bond donors (Lipinski definition) is 1. The number of carbonyl (C=O) groups excluding carboxylic acids is 2. The van der Waals surface area contributed by atoms with Crippen molar-refractivity contribution in [2.45, 2.75) is 43.5 Å². The summed E-state index contributed by atoms with van der Waals surface area (Å²) >= 11 is 6.10. The number of amides is 1. The maximum atomic E-state index is 13.5. The van der Waals surface area contributed by atoms with E-state index >= 15 is 0 Å². The molecule has 0 spiro atoms. The second-order valence-corrected chi connectivity index (χ2v) is 11.5. The first kappa shape index (κ1) is 26.9. The molecule has 1 fully saturated rings. The van der Waals surface area contributed by atoms with Crippen molar-refractivity contribution in [3.8, 4) is 0 Å². The number of halogens is 1. The Morgan fingerprint density at radius 2 is 1.70 bits per heavy atom. The smallest absolute Gasteiger partial charge is 0.316 e. The van der Waals surface area contributed by atoms with Crippen LogP contribution in [0, 0.1) is 6.92 Å². The largest absolute Gasteiger partial charge is 0.465 e. The van der Waals surface area contributed by atoms with Crippen molar-refractivity contribution in [2.24, 2.45) is 0 Å². The molecule has 7 nitrogen and oxygen atoms in total. The molecule has 9 heteroatoms. The lowest BCUT2D eigenvalue weighted by molar-refractivity contribution is -0.146. The van der Waals surface area contributed by atoms with Gasteiger partial charge in [-0.05, 0) is 74.2 Å². The highest BCUT2D eigenvalue weighted by Gasteiger charge is 2.52. The second-order valence-electron chi connectivity index (χ2n) is 9.14. The number of sulfonamides is 1. The van der Waals surface area contributed by atoms with Crippen molar-refractivity contribution in [1.82, 2.24) is 4.31 Å². The van der Waals surface area contributed by atoms with Crippen LogP contribution in [0.1, 0.15) is 36.5 Å². The third-order valence-corrected chi connectivity index (χ3v) is 8.41. The number of benzene rings is 3. The lowest BCUT2D eigenvalue weighted by atomic mass is 9.96. The van der Waals surface area contributed by atoms with Crippen LogP contribution in [0.25, 0.3) is 0 Å². The predicted molar refractivity (Wildman–Crippen MR) is 143 cm³/mol. The summed E-state index contributed by atoms with van der Waals surface area (Å²) in [5.41, 5.74) is 2.33. The third kappa shape index (κ3) is 6.21. The molecule has 1 N–H and O–H groups in total. The molecule has 3 aromatic carbocycles. The van der Waals surface area contributed by atoms with Gasteiger partial charge in [-0.25, -0.2) is 8.42 Å². The average Bonchev–Trinajstić information content (AvgIpc) is 3.67. The van der Waals surface area contributed by atoms with E-state index in [2.05, 4.69) is 5.32 Å². The van der Waals surface area contributed by atoms with Crippen molar-refractivity contribution >= 4 is 39.2 Å². The highest BCUT2D eigenvalue weighted by atomic mass is 35.5. The zero-order chi connectivity index (χ0) is 26.6. The Hall–Kier alpha value is -3.20. The summed E-state index contributed by atoms with van der Waals surface area (Å²) in [6.07, 6.45) is 1.46. The van der Waals surface area contributed by atoms with Crippen molar-refractivity contribution < 1.29 is 22.7 Å². The Labute approximate surface area is 222 Å². The van der Waals surface area contributed by atoms with Gasteiger partial charge in [-0.3, -0.25) is 9.59 Å². The molecule has 0 aliphatic heterocycles. The van der Waals surface area contributed by atoms with E-state index in [1.165, 1.54) is 12.1 Å². The maximum Gasteiger partial charge on any atom is 0.316 e. The molecule has 0 heterocycles. The van der Waals surface area contributed by atoms with Gasteiger partial charge in [0, 0.05) is 17.3 Å². The minimum atomic E-state index is -3.97. The second kappa shape index (κ2) is 11.0. The van der Waals surface area contributed by atoms with Gasteiger partial charge in [0.2, 0.25) is 15.9 Å². The van der Waals surface area contributed by atoms with Crippen LogP contribution in [0.4, 0.5) is 5.69 Å². The molecule has 0 bridgehead atoms. The molecule has 0 unspecified atom stereocenters. The van der Waals surface area contributed by atoms with Crippen LogP contribution in [0.2, 0.25) is 5.02 Å². The first-order valence-corrected chi connectivity index (χ1v) is 13.8. The standard InChI is InChI=1S/C28H29ClN2O5S/c1-3-36-27(33)28(15-16-28)22-9-11-24(12-10-22)30-26(32)19-31(18-21-5-4-6-23(29)17-21)37(34,35)25-13-7-20(2)8-14-25/h4-14,17H,3,15-16,18-19H2,1-2H3,(H,30,32). The molecule has 0 radical (unpaired) electrons. The van der Waals surface area contributed by atoms with Gasteiger partial charge in [0.15, 0.2) is 0 Å². The molecule has 1 aliphatic carbocycles. The summed E-state index contributed by atoms with van der Waals surface area (Å²) in [5, 5.41) is 3.25. The van der Waals surface area contributed by atoms with E-state index in [-0.39, 0.29) is 17.4 Å². The summed E-state index contributed by atoms with van der Waals surface area (Å²) in [6, 6.07) is 20.4. The molecule has 0 saturated heterocycles. The van der Waals surface area contributed by atoms with Crippen molar-refractivity contribution in [2.75, 3.05) is 18.5 Å². The molecule has 0 aromatic heterocycles. The normalized spacial score (nSPS) is 14.3. The minimum Gasteiger partial charge on any atom is -0.465 e. The lowest BCUT2D eigenvalue weighted by Crippen LogP contribution is -2.37. The fraction of sp³-hybridized carbons (Fsp3) is 0.286. The molecule has 37 heavy (non-hydrogen) atoms. The molecule has 3 aromatic rings. The maximum absolute atomic E-state index is 13.5. The number of esters is 1. The third-order valence-electron chi connectivity index (χ3n) is 6.36. The Morgan fingerprint density at radius 1 is 1.03 bits per heavy atom. The van der Waals surface area contributed by atoms with Crippen LogP contribution in [0.5, 0.6) is 0 Å². The fourth-order valence-corrected chi connectivity index (χ4v) is 5.76. The van der Waals surface area contributed by atoms with Crippen molar-refractivity contribution in [3.05, 3.63) is 94.5 Å². The van der Waals surface area contributed by atoms with Crippen LogP contribution in [0.3, 0.4) is 0 Å². The van der Waals surface area contributed by atoms with Crippen LogP contribution < -0.4 is 5.32 Å². The zero-order valence-electron chi connectivity index (χ0n) is 20.7. The van der Waals surface area contributed by atoms with Crippen molar-refractivity contribution in [1.29, 1.82) is 0 Å². The highest BCUT2D eigenvalue weighted by molar-refractivity contribution is 7.89. The van der Waals surface area contributed by atoms with Gasteiger partial charge in [0.1, 0.15) is 0 Å². The van der Waals surface area contributed by atoms with Gasteiger partial charge < -0.3 is 10.1 Å². The van der Waals surface area contributed by atoms with E-state index in [9.17, 15) is 18.0 Å². The van der Waals surface area contributed by atoms with E-state index in [1.807, 2.05) is 6.92 Å². The summed E-state index contributed by atoms with van der Waals surface area (Å²) in [7, 11) is -3.97. The number of rotatable bonds is 10. The molecule has 1 aliphatic rings. The summed E-state index contributed by atoms with van der Waals surface area (Å²) in [6.45, 7) is 3.56. The lowest BCUT2D eigenvalue weighted by Gasteiger charge is -2.22. The number of nitrogens with one attached hydrogen (secondary N) is 1. The van der Waals surface area contributed by atoms with Gasteiger partial charge in [-0.1, -0.05) is 53.6 Å². The van der Waals surface area contributed by atoms with Crippen LogP contribution in [0.15, 0.2) is 77.7 Å². The number of anilines is 1. The Morgan fingerprint density at radius 3 is 2.30 bits per heavy atom. The van der Waals surface area contributed by atoms with Crippen LogP contribution >= 0.6 is 11.6 Å². The van der Waals surface area contributed by atoms with Gasteiger partial charge in [-0.15, -0.1) is 0 Å². The SMILES string of the molecule is CCOC(=O)C1(c2ccc(NC(=O)CN(Cc3cccc(Cl)c3)S(=O)(=O)c3ccc(C)cc3)cc2)CC1. The quantitative estimate of drug-likeness (QED) is 0.362. The topological polar surface area (TPSA) is 92.8 Å². The number of ether oxygens (including phenoxy) is 1. The number of carbonyl (C=O) groups is 2. The van der Waals surface area contributed by atoms with Gasteiger partial charge in [0.25, 0.3) is 0 Å². The van der Waals surface area contributed by atoms with E-state index < -0.39 is 27.9 Å². The molecule has 1 saturated carbocycles. The van der Waals surface area contributed by atoms with E-state index in [0.717, 1.165) is 28.3 Å². The molecule has 194 valence electrons. The summed E-state index contributed by atoms with van der Waals surface area (Å²) < 4.78 is 33.3. The Kier molecular flexibility index (Phi) is 8.02. The molecular formula is C28H29ClN2O5S. The van der Waals surface area contributed by atoms with Crippen molar-refractivity contribution in [3.63, 3.8) is 0 Å². The first-order valence-electron chi connectivity index (χ1n) is 12.0.